The zero-order valence-corrected chi connectivity index (χ0v) is 13.1. The van der Waals surface area contributed by atoms with Gasteiger partial charge in [0.2, 0.25) is 5.95 Å². The Bertz CT molecular complexity index is 827. The van der Waals surface area contributed by atoms with E-state index in [4.69, 9.17) is 4.74 Å². The maximum absolute atomic E-state index is 9.41. The fourth-order valence-corrected chi connectivity index (χ4v) is 2.24. The Hall–Kier alpha value is -3.09. The summed E-state index contributed by atoms with van der Waals surface area (Å²) >= 11 is 0. The molecule has 2 N–H and O–H groups in total. The molecule has 0 unspecified atom stereocenters. The van der Waals surface area contributed by atoms with E-state index in [9.17, 15) is 5.11 Å². The van der Waals surface area contributed by atoms with Gasteiger partial charge < -0.3 is 15.2 Å². The van der Waals surface area contributed by atoms with Crippen LogP contribution in [0.25, 0.3) is 11.3 Å². The molecule has 23 heavy (non-hydrogen) atoms. The van der Waals surface area contributed by atoms with E-state index in [1.807, 2.05) is 26.1 Å². The van der Waals surface area contributed by atoms with E-state index in [1.54, 1.807) is 36.3 Å². The summed E-state index contributed by atoms with van der Waals surface area (Å²) < 4.78 is 6.86. The highest BCUT2D eigenvalue weighted by Gasteiger charge is 2.11. The number of phenolic OH excluding ortho intramolecular Hbond substituents is 1. The predicted molar refractivity (Wildman–Crippen MR) is 86.9 cm³/mol. The molecule has 0 saturated heterocycles. The van der Waals surface area contributed by atoms with Crippen molar-refractivity contribution in [2.24, 2.45) is 7.05 Å². The minimum Gasteiger partial charge on any atom is -0.508 e. The Balaban J connectivity index is 1.95. The van der Waals surface area contributed by atoms with E-state index in [-0.39, 0.29) is 5.75 Å². The van der Waals surface area contributed by atoms with E-state index >= 15 is 0 Å². The molecule has 0 amide bonds. The highest BCUT2D eigenvalue weighted by atomic mass is 16.5. The van der Waals surface area contributed by atoms with Crippen LogP contribution in [0.5, 0.6) is 11.6 Å². The molecule has 3 aromatic rings. The minimum atomic E-state index is 0.221. The highest BCUT2D eigenvalue weighted by Crippen LogP contribution is 2.27. The summed E-state index contributed by atoms with van der Waals surface area (Å²) in [4.78, 5) is 8.85. The van der Waals surface area contributed by atoms with Crippen molar-refractivity contribution >= 4 is 11.6 Å². The van der Waals surface area contributed by atoms with Crippen LogP contribution in [-0.2, 0) is 7.05 Å². The Morgan fingerprint density at radius 3 is 2.65 bits per heavy atom. The van der Waals surface area contributed by atoms with Gasteiger partial charge in [-0.3, -0.25) is 4.68 Å². The number of nitrogens with zero attached hydrogens (tertiary/aromatic N) is 4. The summed E-state index contributed by atoms with van der Waals surface area (Å²) in [5.74, 6) is 1.15. The fraction of sp³-hybridized carbons (Fsp3) is 0.188. The molecule has 2 heterocycles. The van der Waals surface area contributed by atoms with E-state index in [1.165, 1.54) is 0 Å². The van der Waals surface area contributed by atoms with Crippen LogP contribution in [0.4, 0.5) is 11.6 Å². The van der Waals surface area contributed by atoms with Crippen molar-refractivity contribution in [3.63, 3.8) is 0 Å². The summed E-state index contributed by atoms with van der Waals surface area (Å²) in [6.07, 6.45) is 3.54. The van der Waals surface area contributed by atoms with E-state index in [0.717, 1.165) is 16.8 Å². The normalized spacial score (nSPS) is 10.6. The first-order valence-corrected chi connectivity index (χ1v) is 7.04. The van der Waals surface area contributed by atoms with Crippen LogP contribution in [0, 0.1) is 6.92 Å². The van der Waals surface area contributed by atoms with Crippen LogP contribution in [0.2, 0.25) is 0 Å². The number of benzene rings is 1. The maximum Gasteiger partial charge on any atom is 0.256 e. The third-order valence-corrected chi connectivity index (χ3v) is 3.35. The van der Waals surface area contributed by atoms with E-state index < -0.39 is 0 Å². The zero-order chi connectivity index (χ0) is 16.4. The van der Waals surface area contributed by atoms with Gasteiger partial charge in [0, 0.05) is 18.8 Å². The number of anilines is 2. The van der Waals surface area contributed by atoms with Crippen molar-refractivity contribution in [2.75, 3.05) is 12.4 Å². The first-order valence-electron chi connectivity index (χ1n) is 7.04. The summed E-state index contributed by atoms with van der Waals surface area (Å²) in [7, 11) is 3.37. The Kier molecular flexibility index (Phi) is 3.84. The average molecular weight is 311 g/mol. The Morgan fingerprint density at radius 2 is 1.96 bits per heavy atom. The number of nitrogens with one attached hydrogen (secondary N) is 1. The molecule has 2 aromatic heterocycles. The molecule has 0 aliphatic heterocycles. The molecule has 0 spiro atoms. The van der Waals surface area contributed by atoms with Crippen molar-refractivity contribution in [2.45, 2.75) is 6.92 Å². The van der Waals surface area contributed by atoms with Gasteiger partial charge in [-0.2, -0.15) is 0 Å². The lowest BCUT2D eigenvalue weighted by Gasteiger charge is -2.09. The lowest BCUT2D eigenvalue weighted by Crippen LogP contribution is -2.00. The standard InChI is InChI=1S/C16H17N5O2/c1-10-8-17-16(18-13-9-21(2)20-15(13)23-3)19-14(10)11-4-6-12(22)7-5-11/h4-9,22H,1-3H3,(H,17,18,19). The molecule has 0 bridgehead atoms. The number of phenols is 1. The van der Waals surface area contributed by atoms with E-state index in [2.05, 4.69) is 20.4 Å². The second-order valence-corrected chi connectivity index (χ2v) is 5.12. The number of methoxy groups -OCH3 is 1. The van der Waals surface area contributed by atoms with Crippen molar-refractivity contribution in [1.29, 1.82) is 0 Å². The van der Waals surface area contributed by atoms with Gasteiger partial charge in [-0.15, -0.1) is 5.10 Å². The molecule has 0 saturated carbocycles. The van der Waals surface area contributed by atoms with Gasteiger partial charge >= 0.3 is 0 Å². The Morgan fingerprint density at radius 1 is 1.22 bits per heavy atom. The quantitative estimate of drug-likeness (QED) is 0.770. The van der Waals surface area contributed by atoms with E-state index in [0.29, 0.717) is 17.5 Å². The van der Waals surface area contributed by atoms with Crippen molar-refractivity contribution in [3.8, 4) is 22.9 Å². The molecule has 0 fully saturated rings. The number of aromatic hydroxyl groups is 1. The fourth-order valence-electron chi connectivity index (χ4n) is 2.24. The monoisotopic (exact) mass is 311 g/mol. The van der Waals surface area contributed by atoms with Crippen LogP contribution >= 0.6 is 0 Å². The van der Waals surface area contributed by atoms with Gasteiger partial charge in [0.25, 0.3) is 5.88 Å². The molecule has 7 nitrogen and oxygen atoms in total. The largest absolute Gasteiger partial charge is 0.508 e. The molecule has 1 aromatic carbocycles. The third kappa shape index (κ3) is 3.08. The highest BCUT2D eigenvalue weighted by molar-refractivity contribution is 5.66. The number of ether oxygens (including phenoxy) is 1. The van der Waals surface area contributed by atoms with Gasteiger partial charge in [-0.25, -0.2) is 9.97 Å². The van der Waals surface area contributed by atoms with Crippen molar-refractivity contribution in [3.05, 3.63) is 42.2 Å². The first-order chi connectivity index (χ1) is 11.1. The Labute approximate surface area is 133 Å². The molecule has 3 rings (SSSR count). The molecule has 0 aliphatic carbocycles. The summed E-state index contributed by atoms with van der Waals surface area (Å²) in [5, 5.41) is 16.7. The van der Waals surface area contributed by atoms with Crippen LogP contribution in [0.1, 0.15) is 5.56 Å². The molecule has 0 radical (unpaired) electrons. The number of aryl methyl sites for hydroxylation is 2. The van der Waals surface area contributed by atoms with Gasteiger partial charge in [-0.05, 0) is 36.8 Å². The third-order valence-electron chi connectivity index (χ3n) is 3.35. The van der Waals surface area contributed by atoms with Gasteiger partial charge in [0.15, 0.2) is 0 Å². The molecule has 0 aliphatic rings. The van der Waals surface area contributed by atoms with Gasteiger partial charge in [0.1, 0.15) is 11.4 Å². The number of hydrogen-bond acceptors (Lipinski definition) is 6. The second kappa shape index (κ2) is 5.96. The van der Waals surface area contributed by atoms with Crippen LogP contribution in [0.15, 0.2) is 36.7 Å². The van der Waals surface area contributed by atoms with Crippen LogP contribution in [0.3, 0.4) is 0 Å². The SMILES string of the molecule is COc1nn(C)cc1Nc1ncc(C)c(-c2ccc(O)cc2)n1. The first kappa shape index (κ1) is 14.8. The molecular formula is C16H17N5O2. The van der Waals surface area contributed by atoms with Crippen molar-refractivity contribution in [1.82, 2.24) is 19.7 Å². The van der Waals surface area contributed by atoms with Crippen LogP contribution in [-0.4, -0.2) is 32.0 Å². The molecule has 118 valence electrons. The zero-order valence-electron chi connectivity index (χ0n) is 13.1. The number of hydrogen-bond donors (Lipinski definition) is 2. The average Bonchev–Trinajstić information content (AvgIpc) is 2.90. The lowest BCUT2D eigenvalue weighted by atomic mass is 10.1. The van der Waals surface area contributed by atoms with Crippen molar-refractivity contribution < 1.29 is 9.84 Å². The summed E-state index contributed by atoms with van der Waals surface area (Å²) in [6.45, 7) is 1.94. The van der Waals surface area contributed by atoms with Crippen LogP contribution < -0.4 is 10.1 Å². The summed E-state index contributed by atoms with van der Waals surface area (Å²) in [6, 6.07) is 6.90. The van der Waals surface area contributed by atoms with Gasteiger partial charge in [0.05, 0.1) is 19.0 Å². The lowest BCUT2D eigenvalue weighted by molar-refractivity contribution is 0.393. The minimum absolute atomic E-state index is 0.221. The topological polar surface area (TPSA) is 85.1 Å². The maximum atomic E-state index is 9.41. The smallest absolute Gasteiger partial charge is 0.256 e. The number of rotatable bonds is 4. The molecule has 0 atom stereocenters. The van der Waals surface area contributed by atoms with Gasteiger partial charge in [-0.1, -0.05) is 0 Å². The second-order valence-electron chi connectivity index (χ2n) is 5.12. The number of aromatic nitrogens is 4. The molecule has 7 heteroatoms. The molecular weight excluding hydrogens is 294 g/mol. The predicted octanol–water partition coefficient (Wildman–Crippen LogP) is 2.64. The summed E-state index contributed by atoms with van der Waals surface area (Å²) in [5.41, 5.74) is 3.34.